The lowest BCUT2D eigenvalue weighted by molar-refractivity contribution is -0.659. The minimum Gasteiger partial charge on any atom is -0.456 e. The van der Waals surface area contributed by atoms with Gasteiger partial charge in [-0.2, -0.15) is 0 Å². The Morgan fingerprint density at radius 2 is 1.61 bits per heavy atom. The highest BCUT2D eigenvalue weighted by Crippen LogP contribution is 2.49. The molecule has 1 aromatic heterocycles. The monoisotopic (exact) mass is 404 g/mol. The smallest absolute Gasteiger partial charge is 0.228 e. The van der Waals surface area contributed by atoms with Crippen molar-refractivity contribution in [1.82, 2.24) is 0 Å². The Bertz CT molecular complexity index is 1530. The van der Waals surface area contributed by atoms with Crippen LogP contribution in [0.15, 0.2) is 66.9 Å². The molecule has 31 heavy (non-hydrogen) atoms. The summed E-state index contributed by atoms with van der Waals surface area (Å²) in [5.74, 6) is 2.54. The number of nitrogens with zero attached hydrogens (tertiary/aromatic N) is 1. The van der Waals surface area contributed by atoms with Gasteiger partial charge in [-0.3, -0.25) is 0 Å². The van der Waals surface area contributed by atoms with Gasteiger partial charge in [0.25, 0.3) is 0 Å². The van der Waals surface area contributed by atoms with E-state index >= 15 is 0 Å². The Morgan fingerprint density at radius 1 is 0.839 bits per heavy atom. The predicted molar refractivity (Wildman–Crippen MR) is 129 cm³/mol. The van der Waals surface area contributed by atoms with Crippen LogP contribution in [-0.4, -0.2) is 0 Å². The SMILES string of the molecule is Cc1c2c(cc3ccc4ccccc4c13)Oc1cc(CC(C)C)cc3cc[n+](C)c-2c13. The second-order valence-electron chi connectivity index (χ2n) is 9.29. The van der Waals surface area contributed by atoms with Crippen LogP contribution in [0.2, 0.25) is 0 Å². The third-order valence-corrected chi connectivity index (χ3v) is 6.60. The molecule has 2 heterocycles. The van der Waals surface area contributed by atoms with E-state index in [1.54, 1.807) is 0 Å². The first-order chi connectivity index (χ1) is 15.0. The zero-order valence-corrected chi connectivity index (χ0v) is 18.5. The molecule has 6 rings (SSSR count). The fourth-order valence-corrected chi connectivity index (χ4v) is 5.34. The molecule has 0 saturated carbocycles. The molecule has 2 heteroatoms. The predicted octanol–water partition coefficient (Wildman–Crippen LogP) is 7.25. The number of fused-ring (bicyclic) bond motifs is 5. The van der Waals surface area contributed by atoms with Gasteiger partial charge >= 0.3 is 0 Å². The summed E-state index contributed by atoms with van der Waals surface area (Å²) in [4.78, 5) is 0. The lowest BCUT2D eigenvalue weighted by atomic mass is 9.89. The summed E-state index contributed by atoms with van der Waals surface area (Å²) in [7, 11) is 2.14. The minimum atomic E-state index is 0.610. The van der Waals surface area contributed by atoms with Crippen LogP contribution in [0.25, 0.3) is 43.6 Å². The molecule has 0 bridgehead atoms. The van der Waals surface area contributed by atoms with Gasteiger partial charge in [0.15, 0.2) is 6.20 Å². The van der Waals surface area contributed by atoms with E-state index in [2.05, 4.69) is 99.2 Å². The molecule has 0 fully saturated rings. The number of aromatic nitrogens is 1. The van der Waals surface area contributed by atoms with Crippen LogP contribution in [0.4, 0.5) is 0 Å². The quantitative estimate of drug-likeness (QED) is 0.219. The molecule has 0 unspecified atom stereocenters. The highest BCUT2D eigenvalue weighted by molar-refractivity contribution is 6.13. The summed E-state index contributed by atoms with van der Waals surface area (Å²) in [5, 5.41) is 7.59. The van der Waals surface area contributed by atoms with E-state index in [4.69, 9.17) is 4.74 Å². The van der Waals surface area contributed by atoms with E-state index in [9.17, 15) is 0 Å². The van der Waals surface area contributed by atoms with E-state index in [0.717, 1.165) is 17.9 Å². The third-order valence-electron chi connectivity index (χ3n) is 6.60. The molecule has 0 N–H and O–H groups in total. The molecule has 0 saturated heterocycles. The van der Waals surface area contributed by atoms with Crippen molar-refractivity contribution >= 4 is 32.3 Å². The molecule has 4 aromatic carbocycles. The maximum Gasteiger partial charge on any atom is 0.228 e. The molecule has 1 aliphatic heterocycles. The molecular formula is C29H26NO+. The molecule has 2 nitrogen and oxygen atoms in total. The van der Waals surface area contributed by atoms with Gasteiger partial charge in [0, 0.05) is 6.07 Å². The molecule has 1 aliphatic rings. The highest BCUT2D eigenvalue weighted by atomic mass is 16.5. The summed E-state index contributed by atoms with van der Waals surface area (Å²) in [6.07, 6.45) is 3.24. The highest BCUT2D eigenvalue weighted by Gasteiger charge is 2.30. The van der Waals surface area contributed by atoms with E-state index in [0.29, 0.717) is 5.92 Å². The lowest BCUT2D eigenvalue weighted by Crippen LogP contribution is -2.31. The van der Waals surface area contributed by atoms with Gasteiger partial charge in [-0.25, -0.2) is 4.57 Å². The molecule has 5 aromatic rings. The van der Waals surface area contributed by atoms with E-state index < -0.39 is 0 Å². The van der Waals surface area contributed by atoms with Crippen molar-refractivity contribution in [2.24, 2.45) is 13.0 Å². The topological polar surface area (TPSA) is 13.1 Å². The number of rotatable bonds is 2. The second-order valence-corrected chi connectivity index (χ2v) is 9.29. The number of ether oxygens (including phenoxy) is 1. The van der Waals surface area contributed by atoms with Crippen LogP contribution >= 0.6 is 0 Å². The van der Waals surface area contributed by atoms with E-state index in [1.165, 1.54) is 54.7 Å². The van der Waals surface area contributed by atoms with Crippen LogP contribution in [0, 0.1) is 12.8 Å². The van der Waals surface area contributed by atoms with Crippen molar-refractivity contribution in [2.45, 2.75) is 27.2 Å². The van der Waals surface area contributed by atoms with Crippen LogP contribution in [-0.2, 0) is 13.5 Å². The largest absolute Gasteiger partial charge is 0.456 e. The maximum absolute atomic E-state index is 6.61. The van der Waals surface area contributed by atoms with Crippen LogP contribution in [0.5, 0.6) is 11.5 Å². The summed E-state index contributed by atoms with van der Waals surface area (Å²) in [5.41, 5.74) is 5.08. The third kappa shape index (κ3) is 2.68. The molecule has 0 aliphatic carbocycles. The number of benzene rings is 4. The van der Waals surface area contributed by atoms with Gasteiger partial charge in [-0.05, 0) is 69.5 Å². The van der Waals surface area contributed by atoms with E-state index in [1.807, 2.05) is 0 Å². The molecule has 0 spiro atoms. The van der Waals surface area contributed by atoms with Crippen molar-refractivity contribution in [3.63, 3.8) is 0 Å². The van der Waals surface area contributed by atoms with Crippen molar-refractivity contribution in [2.75, 3.05) is 0 Å². The summed E-state index contributed by atoms with van der Waals surface area (Å²) >= 11 is 0. The van der Waals surface area contributed by atoms with Crippen molar-refractivity contribution < 1.29 is 9.30 Å². The van der Waals surface area contributed by atoms with Crippen molar-refractivity contribution in [1.29, 1.82) is 0 Å². The Balaban J connectivity index is 1.73. The number of aryl methyl sites for hydroxylation is 2. The van der Waals surface area contributed by atoms with Gasteiger partial charge in [0.1, 0.15) is 18.5 Å². The zero-order valence-electron chi connectivity index (χ0n) is 18.5. The van der Waals surface area contributed by atoms with Crippen LogP contribution in [0.3, 0.4) is 0 Å². The second kappa shape index (κ2) is 6.55. The number of hydrogen-bond donors (Lipinski definition) is 0. The molecular weight excluding hydrogens is 378 g/mol. The normalized spacial score (nSPS) is 12.5. The van der Waals surface area contributed by atoms with Crippen molar-refractivity contribution in [3.8, 4) is 22.8 Å². The zero-order chi connectivity index (χ0) is 21.3. The van der Waals surface area contributed by atoms with Crippen molar-refractivity contribution in [3.05, 3.63) is 78.0 Å². The van der Waals surface area contributed by atoms with Gasteiger partial charge in [0.2, 0.25) is 5.69 Å². The summed E-state index contributed by atoms with van der Waals surface area (Å²) < 4.78 is 8.86. The maximum atomic E-state index is 6.61. The molecule has 0 radical (unpaired) electrons. The lowest BCUT2D eigenvalue weighted by Gasteiger charge is -2.23. The van der Waals surface area contributed by atoms with Gasteiger partial charge in [-0.1, -0.05) is 56.3 Å². The average molecular weight is 405 g/mol. The van der Waals surface area contributed by atoms with Crippen LogP contribution in [0.1, 0.15) is 25.0 Å². The fourth-order valence-electron chi connectivity index (χ4n) is 5.34. The summed E-state index contributed by atoms with van der Waals surface area (Å²) in [6.45, 7) is 6.78. The minimum absolute atomic E-state index is 0.610. The first kappa shape index (κ1) is 18.4. The number of hydrogen-bond acceptors (Lipinski definition) is 1. The standard InChI is InChI=1S/C29H26NO/c1-17(2)13-19-14-22-11-12-30(4)29-27-18(3)26-21(10-9-20-7-5-6-8-23(20)26)16-25(27)31-24(15-19)28(22)29/h5-12,14-17H,13H2,1-4H3/q+1. The average Bonchev–Trinajstić information content (AvgIpc) is 2.74. The van der Waals surface area contributed by atoms with Gasteiger partial charge in [-0.15, -0.1) is 0 Å². The Kier molecular flexibility index (Phi) is 3.89. The molecule has 0 amide bonds. The van der Waals surface area contributed by atoms with Crippen LogP contribution < -0.4 is 9.30 Å². The molecule has 152 valence electrons. The molecule has 0 atom stereocenters. The fraction of sp³-hybridized carbons (Fsp3) is 0.207. The van der Waals surface area contributed by atoms with Gasteiger partial charge in [0.05, 0.1) is 10.9 Å². The Morgan fingerprint density at radius 3 is 2.45 bits per heavy atom. The first-order valence-electron chi connectivity index (χ1n) is 11.1. The Labute approximate surface area is 182 Å². The Hall–Kier alpha value is -3.39. The van der Waals surface area contributed by atoms with Gasteiger partial charge < -0.3 is 4.74 Å². The summed E-state index contributed by atoms with van der Waals surface area (Å²) in [6, 6.07) is 22.1. The number of pyridine rings is 1. The first-order valence-corrected chi connectivity index (χ1v) is 11.1. The van der Waals surface area contributed by atoms with E-state index in [-0.39, 0.29) is 0 Å².